The first-order valence-corrected chi connectivity index (χ1v) is 11.3. The van der Waals surface area contributed by atoms with Gasteiger partial charge in [0.05, 0.1) is 17.6 Å². The van der Waals surface area contributed by atoms with Crippen molar-refractivity contribution in [1.82, 2.24) is 10.2 Å². The first-order chi connectivity index (χ1) is 14.5. The highest BCUT2D eigenvalue weighted by Crippen LogP contribution is 2.37. The quantitative estimate of drug-likeness (QED) is 0.657. The van der Waals surface area contributed by atoms with E-state index < -0.39 is 0 Å². The average molecular weight is 471 g/mol. The van der Waals surface area contributed by atoms with Crippen LogP contribution in [0.1, 0.15) is 58.5 Å². The molecule has 2 atom stereocenters. The lowest BCUT2D eigenvalue weighted by Crippen LogP contribution is -2.31. The molecule has 2 amide bonds. The van der Waals surface area contributed by atoms with E-state index in [1.807, 2.05) is 41.3 Å². The molecular weight excluding hydrogens is 444 g/mol. The lowest BCUT2D eigenvalue weighted by molar-refractivity contribution is 0.0732. The minimum absolute atomic E-state index is 0.0151. The Morgan fingerprint density at radius 1 is 1.17 bits per heavy atom. The van der Waals surface area contributed by atoms with Crippen molar-refractivity contribution in [3.05, 3.63) is 63.6 Å². The Morgan fingerprint density at radius 2 is 1.97 bits per heavy atom. The molecule has 4 rings (SSSR count). The van der Waals surface area contributed by atoms with Gasteiger partial charge in [0.2, 0.25) is 0 Å². The fourth-order valence-electron chi connectivity index (χ4n) is 4.09. The molecule has 6 heteroatoms. The molecule has 1 saturated carbocycles. The van der Waals surface area contributed by atoms with E-state index in [1.165, 1.54) is 12.8 Å². The third-order valence-electron chi connectivity index (χ3n) is 5.95. The molecule has 1 aliphatic heterocycles. The minimum atomic E-state index is -0.0432. The molecule has 1 N–H and O–H groups in total. The topological polar surface area (TPSA) is 58.6 Å². The number of nitrogens with zero attached hydrogens (tertiary/aromatic N) is 1. The van der Waals surface area contributed by atoms with Crippen LogP contribution in [-0.2, 0) is 0 Å². The molecule has 0 radical (unpaired) electrons. The molecular formula is C24H27BrN2O3. The SMILES string of the molecule is COc1cc(C(=O)N2CC(C)C[C@@H]2c2cccc(C(=O)NCC3CC3)c2)ccc1Br. The Morgan fingerprint density at radius 3 is 2.70 bits per heavy atom. The molecule has 2 aromatic carbocycles. The van der Waals surface area contributed by atoms with Gasteiger partial charge in [0, 0.05) is 24.2 Å². The lowest BCUT2D eigenvalue weighted by atomic mass is 9.98. The maximum Gasteiger partial charge on any atom is 0.254 e. The number of carbonyl (C=O) groups is 2. The van der Waals surface area contributed by atoms with Crippen molar-refractivity contribution in [2.45, 2.75) is 32.2 Å². The monoisotopic (exact) mass is 470 g/mol. The van der Waals surface area contributed by atoms with Gasteiger partial charge in [-0.05, 0) is 82.9 Å². The lowest BCUT2D eigenvalue weighted by Gasteiger charge is -2.26. The smallest absolute Gasteiger partial charge is 0.254 e. The van der Waals surface area contributed by atoms with Crippen LogP contribution < -0.4 is 10.1 Å². The summed E-state index contributed by atoms with van der Waals surface area (Å²) in [5.74, 6) is 1.62. The molecule has 2 aliphatic rings. The van der Waals surface area contributed by atoms with Gasteiger partial charge in [0.1, 0.15) is 5.75 Å². The third-order valence-corrected chi connectivity index (χ3v) is 6.61. The third kappa shape index (κ3) is 4.53. The fraction of sp³-hybridized carbons (Fsp3) is 0.417. The molecule has 2 fully saturated rings. The Labute approximate surface area is 185 Å². The van der Waals surface area contributed by atoms with Crippen molar-refractivity contribution in [3.63, 3.8) is 0 Å². The van der Waals surface area contributed by atoms with Crippen molar-refractivity contribution in [2.24, 2.45) is 11.8 Å². The Bertz CT molecular complexity index is 957. The minimum Gasteiger partial charge on any atom is -0.496 e. The van der Waals surface area contributed by atoms with Crippen LogP contribution in [0.5, 0.6) is 5.75 Å². The van der Waals surface area contributed by atoms with Crippen LogP contribution >= 0.6 is 15.9 Å². The van der Waals surface area contributed by atoms with E-state index in [0.717, 1.165) is 23.0 Å². The summed E-state index contributed by atoms with van der Waals surface area (Å²) in [4.78, 5) is 27.8. The number of likely N-dealkylation sites (tertiary alicyclic amines) is 1. The van der Waals surface area contributed by atoms with Crippen LogP contribution in [0, 0.1) is 11.8 Å². The number of rotatable bonds is 6. The molecule has 1 saturated heterocycles. The number of hydrogen-bond donors (Lipinski definition) is 1. The van der Waals surface area contributed by atoms with Gasteiger partial charge in [0.15, 0.2) is 0 Å². The molecule has 1 heterocycles. The molecule has 1 aliphatic carbocycles. The summed E-state index contributed by atoms with van der Waals surface area (Å²) >= 11 is 3.44. The molecule has 0 aromatic heterocycles. The number of nitrogens with one attached hydrogen (secondary N) is 1. The van der Waals surface area contributed by atoms with Crippen molar-refractivity contribution in [3.8, 4) is 5.75 Å². The average Bonchev–Trinajstić information content (AvgIpc) is 3.51. The number of amides is 2. The number of hydrogen-bond acceptors (Lipinski definition) is 3. The molecule has 0 spiro atoms. The second kappa shape index (κ2) is 8.80. The number of ether oxygens (including phenoxy) is 1. The van der Waals surface area contributed by atoms with Gasteiger partial charge >= 0.3 is 0 Å². The zero-order valence-electron chi connectivity index (χ0n) is 17.4. The summed E-state index contributed by atoms with van der Waals surface area (Å²) in [6.45, 7) is 3.61. The van der Waals surface area contributed by atoms with Gasteiger partial charge in [-0.1, -0.05) is 19.1 Å². The number of methoxy groups -OCH3 is 1. The second-order valence-electron chi connectivity index (χ2n) is 8.44. The van der Waals surface area contributed by atoms with Crippen molar-refractivity contribution < 1.29 is 14.3 Å². The molecule has 158 valence electrons. The summed E-state index contributed by atoms with van der Waals surface area (Å²) in [6.07, 6.45) is 3.29. The fourth-order valence-corrected chi connectivity index (χ4v) is 4.50. The predicted octanol–water partition coefficient (Wildman–Crippen LogP) is 4.82. The number of benzene rings is 2. The van der Waals surface area contributed by atoms with Crippen LogP contribution in [0.2, 0.25) is 0 Å². The maximum absolute atomic E-state index is 13.3. The highest BCUT2D eigenvalue weighted by atomic mass is 79.9. The molecule has 5 nitrogen and oxygen atoms in total. The second-order valence-corrected chi connectivity index (χ2v) is 9.30. The Balaban J connectivity index is 1.56. The van der Waals surface area contributed by atoms with Crippen molar-refractivity contribution in [2.75, 3.05) is 20.2 Å². The molecule has 2 aromatic rings. The van der Waals surface area contributed by atoms with E-state index in [-0.39, 0.29) is 17.9 Å². The molecule has 30 heavy (non-hydrogen) atoms. The predicted molar refractivity (Wildman–Crippen MR) is 120 cm³/mol. The Kier molecular flexibility index (Phi) is 6.14. The van der Waals surface area contributed by atoms with E-state index in [1.54, 1.807) is 13.2 Å². The van der Waals surface area contributed by atoms with Gasteiger partial charge in [-0.2, -0.15) is 0 Å². The van der Waals surface area contributed by atoms with E-state index in [9.17, 15) is 9.59 Å². The highest BCUT2D eigenvalue weighted by Gasteiger charge is 2.35. The van der Waals surface area contributed by atoms with Crippen LogP contribution in [-0.4, -0.2) is 36.9 Å². The van der Waals surface area contributed by atoms with Crippen molar-refractivity contribution in [1.29, 1.82) is 0 Å². The van der Waals surface area contributed by atoms with Gasteiger partial charge in [-0.15, -0.1) is 0 Å². The standard InChI is InChI=1S/C24H27BrN2O3/c1-15-10-21(17-4-3-5-18(11-17)23(28)26-13-16-6-7-16)27(14-15)24(29)19-8-9-20(25)22(12-19)30-2/h3-5,8-9,11-12,15-16,21H,6-7,10,13-14H2,1-2H3,(H,26,28)/t15?,21-/m1/s1. The zero-order valence-corrected chi connectivity index (χ0v) is 18.9. The van der Waals surface area contributed by atoms with Crippen LogP contribution in [0.4, 0.5) is 0 Å². The van der Waals surface area contributed by atoms with Crippen LogP contribution in [0.3, 0.4) is 0 Å². The van der Waals surface area contributed by atoms with E-state index in [4.69, 9.17) is 4.74 Å². The van der Waals surface area contributed by atoms with Crippen LogP contribution in [0.25, 0.3) is 0 Å². The van der Waals surface area contributed by atoms with Gasteiger partial charge in [-0.25, -0.2) is 0 Å². The van der Waals surface area contributed by atoms with E-state index in [0.29, 0.717) is 35.3 Å². The maximum atomic E-state index is 13.3. The first kappa shape index (κ1) is 20.9. The summed E-state index contributed by atoms with van der Waals surface area (Å²) < 4.78 is 6.17. The summed E-state index contributed by atoms with van der Waals surface area (Å²) in [5.41, 5.74) is 2.27. The highest BCUT2D eigenvalue weighted by molar-refractivity contribution is 9.10. The van der Waals surface area contributed by atoms with Gasteiger partial charge < -0.3 is 15.0 Å². The van der Waals surface area contributed by atoms with Gasteiger partial charge in [0.25, 0.3) is 11.8 Å². The number of halogens is 1. The number of carbonyl (C=O) groups excluding carboxylic acids is 2. The summed E-state index contributed by atoms with van der Waals surface area (Å²) in [7, 11) is 1.59. The van der Waals surface area contributed by atoms with E-state index >= 15 is 0 Å². The van der Waals surface area contributed by atoms with Gasteiger partial charge in [-0.3, -0.25) is 9.59 Å². The largest absolute Gasteiger partial charge is 0.496 e. The van der Waals surface area contributed by atoms with E-state index in [2.05, 4.69) is 28.2 Å². The Hall–Kier alpha value is -2.34. The van der Waals surface area contributed by atoms with Crippen LogP contribution in [0.15, 0.2) is 46.9 Å². The van der Waals surface area contributed by atoms with Crippen molar-refractivity contribution >= 4 is 27.7 Å². The normalized spacial score (nSPS) is 20.8. The zero-order chi connectivity index (χ0) is 21.3. The summed E-state index contributed by atoms with van der Waals surface area (Å²) in [5, 5.41) is 3.03. The first-order valence-electron chi connectivity index (χ1n) is 10.5. The molecule has 1 unspecified atom stereocenters. The summed E-state index contributed by atoms with van der Waals surface area (Å²) in [6, 6.07) is 13.1. The molecule has 0 bridgehead atoms.